The molecule has 0 bridgehead atoms. The second-order valence-electron chi connectivity index (χ2n) is 5.45. The fraction of sp³-hybridized carbons (Fsp3) is 0.143. The second-order valence-corrected chi connectivity index (χ2v) is 8.47. The zero-order chi connectivity index (χ0) is 17.9. The molecule has 4 N–H and O–H groups in total. The van der Waals surface area contributed by atoms with Crippen molar-refractivity contribution in [3.63, 3.8) is 0 Å². The van der Waals surface area contributed by atoms with E-state index in [1.165, 1.54) is 24.3 Å². The van der Waals surface area contributed by atoms with E-state index in [2.05, 4.69) is 0 Å². The molecule has 0 fully saturated rings. The highest BCUT2D eigenvalue weighted by molar-refractivity contribution is 7.94. The third-order valence-electron chi connectivity index (χ3n) is 3.95. The van der Waals surface area contributed by atoms with Crippen LogP contribution < -0.4 is 10.3 Å². The van der Waals surface area contributed by atoms with Gasteiger partial charge in [0.2, 0.25) is 20.0 Å². The summed E-state index contributed by atoms with van der Waals surface area (Å²) in [5, 5.41) is 10.4. The first-order valence-electron chi connectivity index (χ1n) is 6.68. The van der Waals surface area contributed by atoms with E-state index in [1.54, 1.807) is 0 Å². The summed E-state index contributed by atoms with van der Waals surface area (Å²) in [5.41, 5.74) is -0.441. The molecule has 3 aliphatic carbocycles. The minimum Gasteiger partial charge on any atom is -0.297 e. The SMILES string of the molecule is NS(=O)(=O)C1=C2C(S(N)(=O)=O)=C3C=CC=CC3C(=O)C2C(=O)C=C1. The van der Waals surface area contributed by atoms with Gasteiger partial charge >= 0.3 is 0 Å². The van der Waals surface area contributed by atoms with Gasteiger partial charge in [-0.05, 0) is 17.7 Å². The summed E-state index contributed by atoms with van der Waals surface area (Å²) in [7, 11) is -8.81. The normalized spacial score (nSPS) is 26.8. The molecule has 2 unspecified atom stereocenters. The van der Waals surface area contributed by atoms with Gasteiger partial charge in [0.05, 0.1) is 15.7 Å². The lowest BCUT2D eigenvalue weighted by molar-refractivity contribution is -0.130. The van der Waals surface area contributed by atoms with E-state index >= 15 is 0 Å². The number of carbonyl (C=O) groups is 2. The van der Waals surface area contributed by atoms with Gasteiger partial charge in [-0.15, -0.1) is 0 Å². The summed E-state index contributed by atoms with van der Waals surface area (Å²) in [6.07, 6.45) is 7.61. The number of nitrogens with two attached hydrogens (primary N) is 2. The number of hydrogen-bond donors (Lipinski definition) is 2. The van der Waals surface area contributed by atoms with E-state index in [4.69, 9.17) is 10.3 Å². The van der Waals surface area contributed by atoms with Crippen molar-refractivity contribution in [3.8, 4) is 0 Å². The first-order chi connectivity index (χ1) is 11.0. The van der Waals surface area contributed by atoms with Crippen LogP contribution in [-0.4, -0.2) is 28.4 Å². The van der Waals surface area contributed by atoms with Crippen molar-refractivity contribution in [1.82, 2.24) is 0 Å². The predicted octanol–water partition coefficient (Wildman–Crippen LogP) is -0.848. The Bertz CT molecular complexity index is 1040. The Balaban J connectivity index is 2.52. The Morgan fingerprint density at radius 3 is 2.12 bits per heavy atom. The molecule has 0 aromatic heterocycles. The number of primary sulfonamides is 2. The summed E-state index contributed by atoms with van der Waals surface area (Å²) in [5.74, 6) is -3.90. The number of fused-ring (bicyclic) bond motifs is 2. The van der Waals surface area contributed by atoms with E-state index in [9.17, 15) is 26.4 Å². The molecule has 0 amide bonds. The largest absolute Gasteiger partial charge is 0.297 e. The molecule has 0 saturated heterocycles. The maximum atomic E-state index is 12.7. The van der Waals surface area contributed by atoms with Gasteiger partial charge in [-0.25, -0.2) is 27.1 Å². The van der Waals surface area contributed by atoms with Crippen LogP contribution in [0.25, 0.3) is 0 Å². The van der Waals surface area contributed by atoms with Crippen molar-refractivity contribution in [2.24, 2.45) is 22.1 Å². The van der Waals surface area contributed by atoms with Crippen molar-refractivity contribution < 1.29 is 26.4 Å². The lowest BCUT2D eigenvalue weighted by Crippen LogP contribution is -2.41. The van der Waals surface area contributed by atoms with E-state index < -0.39 is 58.8 Å². The molecule has 0 aliphatic heterocycles. The van der Waals surface area contributed by atoms with Gasteiger partial charge in [-0.3, -0.25) is 9.59 Å². The molecular weight excluding hydrogens is 356 g/mol. The van der Waals surface area contributed by atoms with Crippen LogP contribution in [-0.2, 0) is 29.6 Å². The molecule has 0 aromatic carbocycles. The minimum absolute atomic E-state index is 0.0282. The number of rotatable bonds is 2. The topological polar surface area (TPSA) is 154 Å². The molecule has 0 spiro atoms. The average molecular weight is 368 g/mol. The molecule has 126 valence electrons. The van der Waals surface area contributed by atoms with Gasteiger partial charge in [0.15, 0.2) is 11.6 Å². The lowest BCUT2D eigenvalue weighted by Gasteiger charge is -2.33. The third-order valence-corrected chi connectivity index (χ3v) is 5.95. The highest BCUT2D eigenvalue weighted by Gasteiger charge is 2.48. The molecule has 0 radical (unpaired) electrons. The lowest BCUT2D eigenvalue weighted by atomic mass is 9.72. The summed E-state index contributed by atoms with van der Waals surface area (Å²) in [6, 6.07) is 0. The maximum Gasteiger partial charge on any atom is 0.238 e. The standard InChI is InChI=1S/C14H12N2O6S2/c15-23(19,20)10-6-5-9(17)11-12(10)14(24(16,21)22)8-4-2-1-3-7(8)13(11)18/h1-7,11H,(H2,15,19,20)(H2,16,21,22). The molecular formula is C14H12N2O6S2. The second kappa shape index (κ2) is 5.18. The average Bonchev–Trinajstić information content (AvgIpc) is 2.44. The predicted molar refractivity (Wildman–Crippen MR) is 84.7 cm³/mol. The van der Waals surface area contributed by atoms with Crippen LogP contribution >= 0.6 is 0 Å². The van der Waals surface area contributed by atoms with E-state index in [1.807, 2.05) is 0 Å². The Labute approximate surface area is 138 Å². The monoisotopic (exact) mass is 368 g/mol. The Morgan fingerprint density at radius 1 is 0.875 bits per heavy atom. The van der Waals surface area contributed by atoms with E-state index in [-0.39, 0.29) is 5.57 Å². The first-order valence-corrected chi connectivity index (χ1v) is 9.77. The fourth-order valence-corrected chi connectivity index (χ4v) is 4.97. The van der Waals surface area contributed by atoms with Crippen LogP contribution in [0.1, 0.15) is 0 Å². The molecule has 2 atom stereocenters. The summed E-state index contributed by atoms with van der Waals surface area (Å²) < 4.78 is 47.9. The number of hydrogen-bond acceptors (Lipinski definition) is 6. The summed E-state index contributed by atoms with van der Waals surface area (Å²) in [4.78, 5) is 23.7. The Morgan fingerprint density at radius 2 is 1.54 bits per heavy atom. The quantitative estimate of drug-likeness (QED) is 0.605. The number of ketones is 2. The van der Waals surface area contributed by atoms with Crippen LogP contribution in [0.4, 0.5) is 0 Å². The van der Waals surface area contributed by atoms with Crippen molar-refractivity contribution in [1.29, 1.82) is 0 Å². The third kappa shape index (κ3) is 2.44. The van der Waals surface area contributed by atoms with Crippen LogP contribution in [0.5, 0.6) is 0 Å². The minimum atomic E-state index is -4.43. The van der Waals surface area contributed by atoms with Crippen LogP contribution in [0, 0.1) is 11.8 Å². The molecule has 0 aromatic rings. The van der Waals surface area contributed by atoms with Crippen LogP contribution in [0.2, 0.25) is 0 Å². The molecule has 3 aliphatic rings. The van der Waals surface area contributed by atoms with Crippen molar-refractivity contribution in [3.05, 3.63) is 57.4 Å². The van der Waals surface area contributed by atoms with Gasteiger partial charge in [0.1, 0.15) is 5.92 Å². The highest BCUT2D eigenvalue weighted by Crippen LogP contribution is 2.44. The maximum absolute atomic E-state index is 12.7. The molecule has 0 saturated carbocycles. The highest BCUT2D eigenvalue weighted by atomic mass is 32.2. The summed E-state index contributed by atoms with van der Waals surface area (Å²) in [6.45, 7) is 0. The first kappa shape index (κ1) is 16.7. The van der Waals surface area contributed by atoms with E-state index in [0.717, 1.165) is 12.2 Å². The smallest absolute Gasteiger partial charge is 0.238 e. The summed E-state index contributed by atoms with van der Waals surface area (Å²) >= 11 is 0. The van der Waals surface area contributed by atoms with Gasteiger partial charge in [0, 0.05) is 5.57 Å². The molecule has 3 rings (SSSR count). The van der Waals surface area contributed by atoms with Crippen LogP contribution in [0.15, 0.2) is 57.4 Å². The number of allylic oxidation sites excluding steroid dienone is 8. The van der Waals surface area contributed by atoms with Crippen molar-refractivity contribution >= 4 is 31.6 Å². The number of carbonyl (C=O) groups excluding carboxylic acids is 2. The van der Waals surface area contributed by atoms with E-state index in [0.29, 0.717) is 0 Å². The zero-order valence-corrected chi connectivity index (χ0v) is 13.7. The van der Waals surface area contributed by atoms with Gasteiger partial charge in [-0.1, -0.05) is 24.3 Å². The van der Waals surface area contributed by atoms with Gasteiger partial charge in [0.25, 0.3) is 0 Å². The molecule has 10 heteroatoms. The van der Waals surface area contributed by atoms with Crippen molar-refractivity contribution in [2.75, 3.05) is 0 Å². The Kier molecular flexibility index (Phi) is 3.61. The fourth-order valence-electron chi connectivity index (χ4n) is 3.06. The Hall–Kier alpha value is -2.14. The number of sulfonamides is 2. The van der Waals surface area contributed by atoms with Gasteiger partial charge in [-0.2, -0.15) is 0 Å². The molecule has 0 heterocycles. The van der Waals surface area contributed by atoms with Gasteiger partial charge < -0.3 is 0 Å². The van der Waals surface area contributed by atoms with Crippen LogP contribution in [0.3, 0.4) is 0 Å². The zero-order valence-electron chi connectivity index (χ0n) is 12.0. The van der Waals surface area contributed by atoms with Crippen molar-refractivity contribution in [2.45, 2.75) is 0 Å². The molecule has 24 heavy (non-hydrogen) atoms. The molecule has 8 nitrogen and oxygen atoms in total. The number of Topliss-reactive ketones (excluding diaryl/α,β-unsaturated/α-hetero) is 1.